The average molecular weight is 271 g/mol. The van der Waals surface area contributed by atoms with Crippen molar-refractivity contribution in [3.63, 3.8) is 0 Å². The van der Waals surface area contributed by atoms with Crippen LogP contribution in [0.3, 0.4) is 0 Å². The van der Waals surface area contributed by atoms with Crippen LogP contribution in [0.25, 0.3) is 0 Å². The first-order valence-corrected chi connectivity index (χ1v) is 6.30. The van der Waals surface area contributed by atoms with E-state index >= 15 is 0 Å². The van der Waals surface area contributed by atoms with Crippen molar-refractivity contribution in [2.24, 2.45) is 0 Å². The van der Waals surface area contributed by atoms with Crippen LogP contribution in [-0.2, 0) is 4.79 Å². The summed E-state index contributed by atoms with van der Waals surface area (Å²) in [6, 6.07) is 13.9. The van der Waals surface area contributed by atoms with Gasteiger partial charge in [0.1, 0.15) is 5.82 Å². The molecule has 20 heavy (non-hydrogen) atoms. The minimum absolute atomic E-state index is 0.186. The fourth-order valence-electron chi connectivity index (χ4n) is 1.90. The maximum atomic E-state index is 12.8. The molecule has 3 nitrogen and oxygen atoms in total. The molecule has 0 aromatic heterocycles. The molecule has 0 aliphatic heterocycles. The van der Waals surface area contributed by atoms with E-state index in [4.69, 9.17) is 0 Å². The van der Waals surface area contributed by atoms with Gasteiger partial charge in [-0.2, -0.15) is 0 Å². The second-order valence-electron chi connectivity index (χ2n) is 4.22. The van der Waals surface area contributed by atoms with Gasteiger partial charge in [0, 0.05) is 17.8 Å². The third-order valence-corrected chi connectivity index (χ3v) is 2.93. The number of likely N-dealkylation sites (N-methyl/N-ethyl adjacent to an activating group) is 1. The number of para-hydroxylation sites is 1. The highest BCUT2D eigenvalue weighted by molar-refractivity contribution is 6.47. The predicted octanol–water partition coefficient (Wildman–Crippen LogP) is 3.06. The topological polar surface area (TPSA) is 37.4 Å². The van der Waals surface area contributed by atoms with Gasteiger partial charge in [-0.05, 0) is 43.3 Å². The Morgan fingerprint density at radius 2 is 1.60 bits per heavy atom. The molecule has 102 valence electrons. The Morgan fingerprint density at radius 1 is 1.00 bits per heavy atom. The van der Waals surface area contributed by atoms with Gasteiger partial charge in [0.25, 0.3) is 11.7 Å². The number of hydrogen-bond acceptors (Lipinski definition) is 2. The largest absolute Gasteiger partial charge is 0.306 e. The van der Waals surface area contributed by atoms with Crippen molar-refractivity contribution in [2.45, 2.75) is 6.92 Å². The maximum absolute atomic E-state index is 12.8. The van der Waals surface area contributed by atoms with E-state index in [9.17, 15) is 14.0 Å². The number of carbonyl (C=O) groups excluding carboxylic acids is 2. The highest BCUT2D eigenvalue weighted by Crippen LogP contribution is 2.15. The van der Waals surface area contributed by atoms with E-state index in [1.165, 1.54) is 29.2 Å². The van der Waals surface area contributed by atoms with Gasteiger partial charge < -0.3 is 4.90 Å². The van der Waals surface area contributed by atoms with Crippen molar-refractivity contribution in [2.75, 3.05) is 11.4 Å². The van der Waals surface area contributed by atoms with E-state index in [1.54, 1.807) is 31.2 Å². The minimum Gasteiger partial charge on any atom is -0.306 e. The van der Waals surface area contributed by atoms with Crippen LogP contribution in [0.2, 0.25) is 0 Å². The van der Waals surface area contributed by atoms with Crippen LogP contribution in [0.5, 0.6) is 0 Å². The molecule has 2 aromatic rings. The molecular weight excluding hydrogens is 257 g/mol. The number of amides is 1. The van der Waals surface area contributed by atoms with Crippen LogP contribution in [0.15, 0.2) is 54.6 Å². The quantitative estimate of drug-likeness (QED) is 0.633. The Labute approximate surface area is 116 Å². The second-order valence-corrected chi connectivity index (χ2v) is 4.22. The van der Waals surface area contributed by atoms with Gasteiger partial charge in [0.15, 0.2) is 0 Å². The molecule has 2 aromatic carbocycles. The molecule has 0 saturated carbocycles. The highest BCUT2D eigenvalue weighted by Gasteiger charge is 2.23. The van der Waals surface area contributed by atoms with Gasteiger partial charge in [-0.15, -0.1) is 0 Å². The number of carbonyl (C=O) groups is 2. The van der Waals surface area contributed by atoms with Gasteiger partial charge in [-0.1, -0.05) is 18.2 Å². The van der Waals surface area contributed by atoms with Crippen molar-refractivity contribution in [3.8, 4) is 0 Å². The van der Waals surface area contributed by atoms with Crippen LogP contribution >= 0.6 is 0 Å². The van der Waals surface area contributed by atoms with E-state index in [0.717, 1.165) is 0 Å². The molecule has 0 unspecified atom stereocenters. The Balaban J connectivity index is 2.25. The van der Waals surface area contributed by atoms with Crippen LogP contribution in [0, 0.1) is 5.82 Å². The Morgan fingerprint density at radius 3 is 2.15 bits per heavy atom. The SMILES string of the molecule is CCN(C(=O)C(=O)c1ccc(F)cc1)c1ccccc1. The molecule has 0 saturated heterocycles. The summed E-state index contributed by atoms with van der Waals surface area (Å²) in [5, 5.41) is 0. The van der Waals surface area contributed by atoms with Crippen molar-refractivity contribution < 1.29 is 14.0 Å². The van der Waals surface area contributed by atoms with Gasteiger partial charge >= 0.3 is 0 Å². The van der Waals surface area contributed by atoms with E-state index < -0.39 is 17.5 Å². The molecule has 2 rings (SSSR count). The van der Waals surface area contributed by atoms with Gasteiger partial charge in [0.05, 0.1) is 0 Å². The smallest absolute Gasteiger partial charge is 0.299 e. The first kappa shape index (κ1) is 13.9. The lowest BCUT2D eigenvalue weighted by Gasteiger charge is -2.20. The first-order valence-electron chi connectivity index (χ1n) is 6.30. The van der Waals surface area contributed by atoms with Gasteiger partial charge in [0.2, 0.25) is 0 Å². The zero-order chi connectivity index (χ0) is 14.5. The number of ketones is 1. The van der Waals surface area contributed by atoms with E-state index in [-0.39, 0.29) is 5.56 Å². The first-order chi connectivity index (χ1) is 9.63. The molecule has 0 aliphatic rings. The van der Waals surface area contributed by atoms with Crippen molar-refractivity contribution in [1.82, 2.24) is 0 Å². The summed E-state index contributed by atoms with van der Waals surface area (Å²) in [7, 11) is 0. The summed E-state index contributed by atoms with van der Waals surface area (Å²) in [5.74, 6) is -1.70. The van der Waals surface area contributed by atoms with Gasteiger partial charge in [-0.3, -0.25) is 9.59 Å². The van der Waals surface area contributed by atoms with E-state index in [2.05, 4.69) is 0 Å². The summed E-state index contributed by atoms with van der Waals surface area (Å²) in [6.07, 6.45) is 0. The van der Waals surface area contributed by atoms with Crippen molar-refractivity contribution >= 4 is 17.4 Å². The zero-order valence-electron chi connectivity index (χ0n) is 11.0. The maximum Gasteiger partial charge on any atom is 0.299 e. The Hall–Kier alpha value is -2.49. The van der Waals surface area contributed by atoms with Crippen molar-refractivity contribution in [3.05, 3.63) is 66.0 Å². The molecular formula is C16H14FNO2. The van der Waals surface area contributed by atoms with Crippen LogP contribution in [0.1, 0.15) is 17.3 Å². The van der Waals surface area contributed by atoms with Gasteiger partial charge in [-0.25, -0.2) is 4.39 Å². The summed E-state index contributed by atoms with van der Waals surface area (Å²) in [5.41, 5.74) is 0.848. The number of nitrogens with zero attached hydrogens (tertiary/aromatic N) is 1. The number of Topliss-reactive ketones (excluding diaryl/α,β-unsaturated/α-hetero) is 1. The van der Waals surface area contributed by atoms with Crippen molar-refractivity contribution in [1.29, 1.82) is 0 Å². The summed E-state index contributed by atoms with van der Waals surface area (Å²) < 4.78 is 12.8. The average Bonchev–Trinajstić information content (AvgIpc) is 2.49. The summed E-state index contributed by atoms with van der Waals surface area (Å²) in [6.45, 7) is 2.18. The molecule has 0 N–H and O–H groups in total. The lowest BCUT2D eigenvalue weighted by atomic mass is 10.1. The van der Waals surface area contributed by atoms with Crippen LogP contribution < -0.4 is 4.90 Å². The number of anilines is 1. The third-order valence-electron chi connectivity index (χ3n) is 2.93. The monoisotopic (exact) mass is 271 g/mol. The second kappa shape index (κ2) is 6.10. The zero-order valence-corrected chi connectivity index (χ0v) is 11.0. The lowest BCUT2D eigenvalue weighted by Crippen LogP contribution is -2.36. The van der Waals surface area contributed by atoms with Crippen LogP contribution in [-0.4, -0.2) is 18.2 Å². The number of rotatable bonds is 4. The van der Waals surface area contributed by atoms with E-state index in [0.29, 0.717) is 12.2 Å². The molecule has 0 heterocycles. The molecule has 4 heteroatoms. The molecule has 0 atom stereocenters. The Bertz CT molecular complexity index is 608. The molecule has 0 aliphatic carbocycles. The standard InChI is InChI=1S/C16H14FNO2/c1-2-18(14-6-4-3-5-7-14)16(20)15(19)12-8-10-13(17)11-9-12/h3-11H,2H2,1H3. The van der Waals surface area contributed by atoms with Crippen LogP contribution in [0.4, 0.5) is 10.1 Å². The number of hydrogen-bond donors (Lipinski definition) is 0. The summed E-state index contributed by atoms with van der Waals surface area (Å²) in [4.78, 5) is 25.8. The molecule has 1 amide bonds. The lowest BCUT2D eigenvalue weighted by molar-refractivity contribution is -0.114. The van der Waals surface area contributed by atoms with E-state index in [1.807, 2.05) is 6.07 Å². The molecule has 0 spiro atoms. The normalized spacial score (nSPS) is 10.1. The fraction of sp³-hybridized carbons (Fsp3) is 0.125. The molecule has 0 bridgehead atoms. The number of benzene rings is 2. The summed E-state index contributed by atoms with van der Waals surface area (Å²) >= 11 is 0. The highest BCUT2D eigenvalue weighted by atomic mass is 19.1. The third kappa shape index (κ3) is 2.91. The molecule has 0 fully saturated rings. The predicted molar refractivity (Wildman–Crippen MR) is 75.2 cm³/mol. The fourth-order valence-corrected chi connectivity index (χ4v) is 1.90. The Kier molecular flexibility index (Phi) is 4.25. The molecule has 0 radical (unpaired) electrons. The minimum atomic E-state index is -0.643. The number of halogens is 1.